The van der Waals surface area contributed by atoms with Gasteiger partial charge in [-0.3, -0.25) is 47.9 Å². The normalized spacial score (nSPS) is 10.8. The van der Waals surface area contributed by atoms with E-state index in [1.165, 1.54) is 89.8 Å². The fraction of sp³-hybridized carbons (Fsp3) is 0.306. The molecular weight excluding hydrogens is 1040 g/mol. The van der Waals surface area contributed by atoms with Gasteiger partial charge in [-0.15, -0.1) is 0 Å². The van der Waals surface area contributed by atoms with Crippen LogP contribution in [0, 0.1) is 0 Å². The summed E-state index contributed by atoms with van der Waals surface area (Å²) < 4.78 is 10.4. The first-order valence-electron chi connectivity index (χ1n) is 24.5. The Morgan fingerprint density at radius 1 is 0.388 bits per heavy atom. The highest BCUT2D eigenvalue weighted by Crippen LogP contribution is 2.19. The molecular formula is C49H59N21O10. The van der Waals surface area contributed by atoms with E-state index in [9.17, 15) is 47.9 Å². The van der Waals surface area contributed by atoms with Crippen LogP contribution in [0.3, 0.4) is 0 Å². The van der Waals surface area contributed by atoms with E-state index in [0.717, 1.165) is 0 Å². The van der Waals surface area contributed by atoms with Gasteiger partial charge in [-0.25, -0.2) is 19.9 Å². The van der Waals surface area contributed by atoms with Crippen LogP contribution in [0.1, 0.15) is 99.6 Å². The van der Waals surface area contributed by atoms with Gasteiger partial charge in [0.25, 0.3) is 41.4 Å². The maximum absolute atomic E-state index is 13.2. The van der Waals surface area contributed by atoms with Crippen molar-refractivity contribution in [1.82, 2.24) is 73.2 Å². The van der Waals surface area contributed by atoms with Crippen molar-refractivity contribution in [3.05, 3.63) is 108 Å². The van der Waals surface area contributed by atoms with Crippen LogP contribution in [-0.4, -0.2) is 138 Å². The Morgan fingerprint density at radius 2 is 0.787 bits per heavy atom. The molecule has 0 unspecified atom stereocenters. The molecule has 7 aromatic heterocycles. The lowest BCUT2D eigenvalue weighted by Crippen LogP contribution is -2.29. The molecule has 7 aromatic rings. The van der Waals surface area contributed by atoms with Crippen molar-refractivity contribution in [3.8, 4) is 0 Å². The van der Waals surface area contributed by atoms with Crippen molar-refractivity contribution in [2.45, 2.75) is 25.7 Å². The lowest BCUT2D eigenvalue weighted by molar-refractivity contribution is -0.117. The Balaban J connectivity index is 0.778. The fourth-order valence-corrected chi connectivity index (χ4v) is 7.96. The molecule has 420 valence electrons. The molecule has 7 rings (SSSR count). The predicted octanol–water partition coefficient (Wildman–Crippen LogP) is 0.419. The lowest BCUT2D eigenvalue weighted by atomic mass is 10.3. The minimum Gasteiger partial charge on any atom is -0.352 e. The number of hydrogen-bond acceptors (Lipinski definition) is 14. The van der Waals surface area contributed by atoms with Crippen molar-refractivity contribution in [2.75, 3.05) is 58.6 Å². The molecule has 0 aliphatic rings. The number of carbonyl (C=O) groups excluding carboxylic acids is 10. The monoisotopic (exact) mass is 1100 g/mol. The number of nitrogens with zero attached hydrogens (tertiary/aromatic N) is 11. The number of aromatic nitrogens is 11. The van der Waals surface area contributed by atoms with Crippen LogP contribution >= 0.6 is 0 Å². The summed E-state index contributed by atoms with van der Waals surface area (Å²) in [4.78, 5) is 144. The van der Waals surface area contributed by atoms with Crippen LogP contribution in [0.25, 0.3) is 0 Å². The molecule has 0 saturated carbocycles. The van der Waals surface area contributed by atoms with Crippen molar-refractivity contribution in [1.29, 1.82) is 0 Å². The van der Waals surface area contributed by atoms with E-state index in [-0.39, 0.29) is 109 Å². The molecule has 0 spiro atoms. The van der Waals surface area contributed by atoms with Crippen LogP contribution in [0.15, 0.2) is 67.8 Å². The Morgan fingerprint density at radius 3 is 1.27 bits per heavy atom. The summed E-state index contributed by atoms with van der Waals surface area (Å²) in [5.41, 5.74) is 1.65. The zero-order valence-electron chi connectivity index (χ0n) is 44.8. The van der Waals surface area contributed by atoms with E-state index in [4.69, 9.17) is 0 Å². The van der Waals surface area contributed by atoms with Crippen LogP contribution in [0.2, 0.25) is 0 Å². The predicted molar refractivity (Wildman–Crippen MR) is 288 cm³/mol. The summed E-state index contributed by atoms with van der Waals surface area (Å²) >= 11 is 0. The van der Waals surface area contributed by atoms with E-state index >= 15 is 0 Å². The standard InChI is InChI=1S/C49H59N21O10/c1-50-46(77)40-62-35(26-68(40)6)63-45(76)32-18-27(21-67(32)5)55-37(72)11-15-54-47(78)41-60-33(24-69(41)7)58-36(71)10-9-13-52-43(74)30-20-29(23-65(30)3)57-49(80)42-61-34(25-70(42)8)59-38(73)12-14-53-44(75)31-19-28(22-66(31)4)56-48(79)39-51-16-17-64(39)2/h16-26H,9-15H2,1-8H3,(H,50,77)(H,52,74)(H,53,75)(H,54,78)(H,55,72)(H,56,79)(H,57,80)(H,58,71)(H,59,73)(H,63,76). The third kappa shape index (κ3) is 14.2. The van der Waals surface area contributed by atoms with Crippen molar-refractivity contribution in [2.24, 2.45) is 49.3 Å². The second-order valence-electron chi connectivity index (χ2n) is 18.2. The number of nitrogens with one attached hydrogen (secondary N) is 10. The van der Waals surface area contributed by atoms with Gasteiger partial charge in [0, 0.05) is 145 Å². The summed E-state index contributed by atoms with van der Waals surface area (Å²) in [6, 6.07) is 4.42. The minimum atomic E-state index is -0.628. The minimum absolute atomic E-state index is 0.00509. The topological polar surface area (TPSA) is 377 Å². The summed E-state index contributed by atoms with van der Waals surface area (Å²) in [6.45, 7) is 0.0360. The first-order valence-corrected chi connectivity index (χ1v) is 24.5. The van der Waals surface area contributed by atoms with Crippen LogP contribution < -0.4 is 53.2 Å². The molecule has 0 fully saturated rings. The quantitative estimate of drug-likeness (QED) is 0.0389. The van der Waals surface area contributed by atoms with Gasteiger partial charge in [0.1, 0.15) is 17.1 Å². The van der Waals surface area contributed by atoms with Crippen LogP contribution in [0.5, 0.6) is 0 Å². The molecule has 0 aliphatic heterocycles. The van der Waals surface area contributed by atoms with Gasteiger partial charge in [0.2, 0.25) is 35.2 Å². The third-order valence-corrected chi connectivity index (χ3v) is 11.9. The van der Waals surface area contributed by atoms with Crippen molar-refractivity contribution in [3.63, 3.8) is 0 Å². The molecule has 0 bridgehead atoms. The van der Waals surface area contributed by atoms with E-state index in [2.05, 4.69) is 73.1 Å². The summed E-state index contributed by atoms with van der Waals surface area (Å²) in [5.74, 6) is -4.34. The van der Waals surface area contributed by atoms with E-state index in [1.54, 1.807) is 66.3 Å². The molecule has 10 amide bonds. The number of amides is 10. The molecule has 0 atom stereocenters. The smallest absolute Gasteiger partial charge is 0.291 e. The largest absolute Gasteiger partial charge is 0.352 e. The van der Waals surface area contributed by atoms with Gasteiger partial charge in [-0.05, 0) is 24.6 Å². The van der Waals surface area contributed by atoms with Gasteiger partial charge < -0.3 is 85.1 Å². The SMILES string of the molecule is CNC(=O)c1nc(NC(=O)c2cc(NC(=O)CCNC(=O)c3nc(NC(=O)CCCNC(=O)c4cc(NC(=O)c5nc(NC(=O)CCNC(=O)c6cc(NC(=O)c7nccn7C)cn6C)cn5C)cn4C)cn3C)cn2C)cn1C. The van der Waals surface area contributed by atoms with Crippen molar-refractivity contribution >= 4 is 93.6 Å². The van der Waals surface area contributed by atoms with Gasteiger partial charge in [0.15, 0.2) is 23.3 Å². The van der Waals surface area contributed by atoms with Crippen molar-refractivity contribution < 1.29 is 47.9 Å². The van der Waals surface area contributed by atoms with Gasteiger partial charge in [0.05, 0.1) is 17.1 Å². The second kappa shape index (κ2) is 25.0. The van der Waals surface area contributed by atoms with Gasteiger partial charge in [-0.1, -0.05) is 0 Å². The first kappa shape index (κ1) is 57.1. The Hall–Kier alpha value is -10.6. The number of rotatable bonds is 23. The van der Waals surface area contributed by atoms with Gasteiger partial charge >= 0.3 is 0 Å². The zero-order valence-corrected chi connectivity index (χ0v) is 44.8. The molecule has 10 N–H and O–H groups in total. The first-order chi connectivity index (χ1) is 38.1. The lowest BCUT2D eigenvalue weighted by Gasteiger charge is -2.06. The molecule has 0 aliphatic carbocycles. The van der Waals surface area contributed by atoms with E-state index in [0.29, 0.717) is 11.4 Å². The third-order valence-electron chi connectivity index (χ3n) is 11.9. The average Bonchev–Trinajstić information content (AvgIpc) is 4.29. The molecule has 0 aromatic carbocycles. The second-order valence-corrected chi connectivity index (χ2v) is 18.2. The molecule has 31 nitrogen and oxygen atoms in total. The molecule has 7 heterocycles. The highest BCUT2D eigenvalue weighted by Gasteiger charge is 2.22. The molecule has 0 saturated heterocycles. The number of imidazole rings is 4. The Labute approximate surface area is 455 Å². The molecule has 0 radical (unpaired) electrons. The van der Waals surface area contributed by atoms with Crippen LogP contribution in [0.4, 0.5) is 34.5 Å². The number of hydrogen-bond donors (Lipinski definition) is 10. The maximum Gasteiger partial charge on any atom is 0.291 e. The Kier molecular flexibility index (Phi) is 17.9. The molecule has 80 heavy (non-hydrogen) atoms. The number of carbonyl (C=O) groups is 10. The fourth-order valence-electron chi connectivity index (χ4n) is 7.96. The number of anilines is 6. The highest BCUT2D eigenvalue weighted by atomic mass is 16.2. The summed E-state index contributed by atoms with van der Waals surface area (Å²) in [5, 5.41) is 26.4. The highest BCUT2D eigenvalue weighted by molar-refractivity contribution is 6.06. The summed E-state index contributed by atoms with van der Waals surface area (Å²) in [6.07, 6.45) is 12.1. The van der Waals surface area contributed by atoms with E-state index < -0.39 is 59.1 Å². The maximum atomic E-state index is 13.2. The van der Waals surface area contributed by atoms with Gasteiger partial charge in [-0.2, -0.15) is 0 Å². The summed E-state index contributed by atoms with van der Waals surface area (Å²) in [7, 11) is 12.7. The molecule has 31 heteroatoms. The Bertz CT molecular complexity index is 3540. The zero-order chi connectivity index (χ0) is 57.9. The average molecular weight is 1100 g/mol. The number of aryl methyl sites for hydroxylation is 7. The van der Waals surface area contributed by atoms with E-state index in [1.807, 2.05) is 0 Å². The van der Waals surface area contributed by atoms with Crippen LogP contribution in [-0.2, 0) is 63.7 Å².